The summed E-state index contributed by atoms with van der Waals surface area (Å²) in [6, 6.07) is 16.9. The number of aromatic nitrogens is 1. The van der Waals surface area contributed by atoms with E-state index in [-0.39, 0.29) is 18.0 Å². The van der Waals surface area contributed by atoms with Gasteiger partial charge in [-0.3, -0.25) is 9.59 Å². The van der Waals surface area contributed by atoms with Gasteiger partial charge >= 0.3 is 0 Å². The second kappa shape index (κ2) is 10.2. The Hall–Kier alpha value is -3.89. The highest BCUT2D eigenvalue weighted by atomic mass is 16.5. The predicted molar refractivity (Wildman–Crippen MR) is 120 cm³/mol. The fourth-order valence-electron chi connectivity index (χ4n) is 3.16. The molecule has 0 fully saturated rings. The van der Waals surface area contributed by atoms with E-state index in [2.05, 4.69) is 10.6 Å². The number of hydrogen-bond donors (Lipinski definition) is 2. The Balaban J connectivity index is 1.85. The number of carbonyl (C=O) groups is 2. The van der Waals surface area contributed by atoms with Gasteiger partial charge in [0.2, 0.25) is 5.91 Å². The van der Waals surface area contributed by atoms with Crippen molar-refractivity contribution in [1.29, 1.82) is 5.26 Å². The Morgan fingerprint density at radius 3 is 2.61 bits per heavy atom. The van der Waals surface area contributed by atoms with Crippen LogP contribution in [0.1, 0.15) is 11.1 Å². The summed E-state index contributed by atoms with van der Waals surface area (Å²) in [6.45, 7) is 2.95. The fourth-order valence-corrected chi connectivity index (χ4v) is 3.16. The predicted octanol–water partition coefficient (Wildman–Crippen LogP) is 3.26. The van der Waals surface area contributed by atoms with Crippen LogP contribution in [-0.2, 0) is 20.9 Å². The first-order valence-corrected chi connectivity index (χ1v) is 9.85. The minimum atomic E-state index is -0.486. The summed E-state index contributed by atoms with van der Waals surface area (Å²) in [5, 5.41) is 15.9. The lowest BCUT2D eigenvalue weighted by molar-refractivity contribution is -0.121. The Bertz CT molecular complexity index is 1150. The van der Waals surface area contributed by atoms with Crippen molar-refractivity contribution < 1.29 is 14.3 Å². The maximum atomic E-state index is 12.6. The third-order valence-corrected chi connectivity index (χ3v) is 4.74. The highest BCUT2D eigenvalue weighted by Gasteiger charge is 2.14. The number of benzene rings is 2. The van der Waals surface area contributed by atoms with Crippen molar-refractivity contribution >= 4 is 34.5 Å². The van der Waals surface area contributed by atoms with Crippen LogP contribution in [0, 0.1) is 18.3 Å². The molecule has 158 valence electrons. The molecule has 3 rings (SSSR count). The first kappa shape index (κ1) is 21.8. The number of fused-ring (bicyclic) bond motifs is 1. The van der Waals surface area contributed by atoms with E-state index < -0.39 is 5.91 Å². The van der Waals surface area contributed by atoms with Crippen molar-refractivity contribution in [3.63, 3.8) is 0 Å². The average Bonchev–Trinajstić information content (AvgIpc) is 3.11. The Morgan fingerprint density at radius 2 is 1.90 bits per heavy atom. The zero-order chi connectivity index (χ0) is 22.2. The summed E-state index contributed by atoms with van der Waals surface area (Å²) in [6.07, 6.45) is 3.32. The van der Waals surface area contributed by atoms with Gasteiger partial charge in [0.15, 0.2) is 0 Å². The maximum absolute atomic E-state index is 12.6. The first-order chi connectivity index (χ1) is 15.0. The molecule has 0 saturated heterocycles. The lowest BCUT2D eigenvalue weighted by Gasteiger charge is -2.06. The number of carbonyl (C=O) groups excluding carboxylic acids is 2. The molecule has 0 bridgehead atoms. The average molecular weight is 416 g/mol. The number of para-hydroxylation sites is 1. The van der Waals surface area contributed by atoms with Crippen LogP contribution in [0.3, 0.4) is 0 Å². The van der Waals surface area contributed by atoms with Crippen molar-refractivity contribution in [2.45, 2.75) is 13.5 Å². The van der Waals surface area contributed by atoms with E-state index in [1.54, 1.807) is 36.1 Å². The van der Waals surface area contributed by atoms with Gasteiger partial charge in [-0.25, -0.2) is 0 Å². The van der Waals surface area contributed by atoms with Gasteiger partial charge < -0.3 is 19.9 Å². The molecule has 1 heterocycles. The minimum Gasteiger partial charge on any atom is -0.383 e. The summed E-state index contributed by atoms with van der Waals surface area (Å²) >= 11 is 0. The van der Waals surface area contributed by atoms with E-state index in [9.17, 15) is 14.9 Å². The van der Waals surface area contributed by atoms with Gasteiger partial charge in [0.25, 0.3) is 5.91 Å². The molecule has 0 aliphatic rings. The van der Waals surface area contributed by atoms with Crippen molar-refractivity contribution in [3.8, 4) is 6.07 Å². The third-order valence-electron chi connectivity index (χ3n) is 4.74. The van der Waals surface area contributed by atoms with Crippen LogP contribution in [0.15, 0.2) is 60.3 Å². The second-order valence-corrected chi connectivity index (χ2v) is 7.06. The van der Waals surface area contributed by atoms with E-state index in [0.717, 1.165) is 16.5 Å². The normalized spacial score (nSPS) is 11.2. The molecule has 0 aliphatic carbocycles. The van der Waals surface area contributed by atoms with Crippen LogP contribution in [-0.4, -0.2) is 36.6 Å². The Labute approximate surface area is 180 Å². The number of nitriles is 1. The first-order valence-electron chi connectivity index (χ1n) is 9.85. The molecule has 3 aromatic rings. The molecule has 7 heteroatoms. The molecule has 2 aromatic carbocycles. The number of hydrogen-bond acceptors (Lipinski definition) is 4. The van der Waals surface area contributed by atoms with Crippen LogP contribution in [0.25, 0.3) is 17.0 Å². The molecule has 2 N–H and O–H groups in total. The molecule has 0 radical (unpaired) electrons. The van der Waals surface area contributed by atoms with E-state index in [1.807, 2.05) is 49.4 Å². The highest BCUT2D eigenvalue weighted by molar-refractivity contribution is 6.10. The number of amides is 2. The SMILES string of the molecule is COCCNC(=O)Cn1cc(C=C(C#N)C(=O)Nc2ccc(C)cc2)c2ccccc21. The van der Waals surface area contributed by atoms with Gasteiger partial charge in [-0.1, -0.05) is 35.9 Å². The molecular formula is C24H24N4O3. The molecule has 0 aliphatic heterocycles. The number of anilines is 1. The standard InChI is InChI=1S/C24H24N4O3/c1-17-7-9-20(10-8-17)27-24(30)18(14-25)13-19-15-28(16-23(29)26-11-12-31-2)22-6-4-3-5-21(19)22/h3-10,13,15H,11-12,16H2,1-2H3,(H,26,29)(H,27,30). The van der Waals surface area contributed by atoms with Crippen molar-refractivity contribution in [1.82, 2.24) is 9.88 Å². The van der Waals surface area contributed by atoms with Gasteiger partial charge in [0.05, 0.1) is 6.61 Å². The van der Waals surface area contributed by atoms with E-state index in [4.69, 9.17) is 4.74 Å². The Kier molecular flexibility index (Phi) is 7.20. The molecule has 0 spiro atoms. The number of ether oxygens (including phenoxy) is 1. The third kappa shape index (κ3) is 5.59. The van der Waals surface area contributed by atoms with Gasteiger partial charge in [-0.05, 0) is 31.2 Å². The quantitative estimate of drug-likeness (QED) is 0.335. The van der Waals surface area contributed by atoms with Crippen LogP contribution < -0.4 is 10.6 Å². The Morgan fingerprint density at radius 1 is 1.16 bits per heavy atom. The highest BCUT2D eigenvalue weighted by Crippen LogP contribution is 2.24. The number of nitrogens with zero attached hydrogens (tertiary/aromatic N) is 2. The summed E-state index contributed by atoms with van der Waals surface area (Å²) in [5.41, 5.74) is 3.20. The molecule has 0 atom stereocenters. The summed E-state index contributed by atoms with van der Waals surface area (Å²) in [4.78, 5) is 24.9. The maximum Gasteiger partial charge on any atom is 0.266 e. The molecule has 0 saturated carbocycles. The van der Waals surface area contributed by atoms with E-state index >= 15 is 0 Å². The number of nitrogens with one attached hydrogen (secondary N) is 2. The lowest BCUT2D eigenvalue weighted by atomic mass is 10.1. The molecular weight excluding hydrogens is 392 g/mol. The number of aryl methyl sites for hydroxylation is 1. The zero-order valence-corrected chi connectivity index (χ0v) is 17.5. The lowest BCUT2D eigenvalue weighted by Crippen LogP contribution is -2.30. The van der Waals surface area contributed by atoms with Crippen LogP contribution in [0.4, 0.5) is 5.69 Å². The van der Waals surface area contributed by atoms with Crippen LogP contribution >= 0.6 is 0 Å². The summed E-state index contributed by atoms with van der Waals surface area (Å²) in [5.74, 6) is -0.633. The minimum absolute atomic E-state index is 0.0203. The molecule has 31 heavy (non-hydrogen) atoms. The van der Waals surface area contributed by atoms with Gasteiger partial charge in [-0.15, -0.1) is 0 Å². The largest absolute Gasteiger partial charge is 0.383 e. The zero-order valence-electron chi connectivity index (χ0n) is 17.5. The molecule has 2 amide bonds. The molecule has 0 unspecified atom stereocenters. The molecule has 7 nitrogen and oxygen atoms in total. The summed E-state index contributed by atoms with van der Waals surface area (Å²) in [7, 11) is 1.58. The van der Waals surface area contributed by atoms with Crippen molar-refractivity contribution in [3.05, 3.63) is 71.4 Å². The number of methoxy groups -OCH3 is 1. The van der Waals surface area contributed by atoms with Gasteiger partial charge in [0.1, 0.15) is 18.2 Å². The monoisotopic (exact) mass is 416 g/mol. The van der Waals surface area contributed by atoms with E-state index in [1.165, 1.54) is 0 Å². The van der Waals surface area contributed by atoms with Crippen LogP contribution in [0.2, 0.25) is 0 Å². The topological polar surface area (TPSA) is 96.2 Å². The smallest absolute Gasteiger partial charge is 0.266 e. The van der Waals surface area contributed by atoms with Crippen LogP contribution in [0.5, 0.6) is 0 Å². The van der Waals surface area contributed by atoms with Gasteiger partial charge in [-0.2, -0.15) is 5.26 Å². The van der Waals surface area contributed by atoms with Gasteiger partial charge in [0, 0.05) is 42.0 Å². The van der Waals surface area contributed by atoms with Crippen molar-refractivity contribution in [2.24, 2.45) is 0 Å². The molecule has 1 aromatic heterocycles. The summed E-state index contributed by atoms with van der Waals surface area (Å²) < 4.78 is 6.75. The van der Waals surface area contributed by atoms with Crippen molar-refractivity contribution in [2.75, 3.05) is 25.6 Å². The van der Waals surface area contributed by atoms with E-state index in [0.29, 0.717) is 24.4 Å². The second-order valence-electron chi connectivity index (χ2n) is 7.06. The fraction of sp³-hybridized carbons (Fsp3) is 0.208. The number of rotatable bonds is 8.